The summed E-state index contributed by atoms with van der Waals surface area (Å²) in [6.45, 7) is 4.21. The molecule has 1 saturated heterocycles. The first kappa shape index (κ1) is 22.1. The minimum Gasteiger partial charge on any atom is -0.508 e. The molecule has 0 spiro atoms. The number of phenolic OH excluding ortho intramolecular Hbond substituents is 2. The summed E-state index contributed by atoms with van der Waals surface area (Å²) in [5, 5.41) is 25.4. The second-order valence-corrected chi connectivity index (χ2v) is 8.83. The smallest absolute Gasteiger partial charge is 0.150 e. The van der Waals surface area contributed by atoms with E-state index in [-0.39, 0.29) is 11.5 Å². The molecule has 1 fully saturated rings. The second kappa shape index (κ2) is 10.1. The van der Waals surface area contributed by atoms with Crippen LogP contribution in [0, 0.1) is 0 Å². The minimum absolute atomic E-state index is 0.203. The van der Waals surface area contributed by atoms with Crippen LogP contribution in [0.3, 0.4) is 0 Å². The zero-order valence-corrected chi connectivity index (χ0v) is 19.2. The molecule has 5 heteroatoms. The molecule has 4 aromatic carbocycles. The highest BCUT2D eigenvalue weighted by atomic mass is 16.5. The fourth-order valence-corrected chi connectivity index (χ4v) is 4.64. The van der Waals surface area contributed by atoms with Gasteiger partial charge >= 0.3 is 0 Å². The maximum Gasteiger partial charge on any atom is 0.150 e. The molecule has 0 aromatic heterocycles. The summed E-state index contributed by atoms with van der Waals surface area (Å²) >= 11 is 0. The Hall–Kier alpha value is -3.70. The van der Waals surface area contributed by atoms with Crippen molar-refractivity contribution in [1.82, 2.24) is 4.90 Å². The standard InChI is InChI=1S/C29H30N2O3/c32-23-8-6-7-21(19-23)25-13-11-22-20-24(33)12-14-26(22)29(25)34-28-10-3-2-9-27(28)30-15-18-31-16-4-1-5-17-31/h2-3,6-14,19-20,30,32-33H,1,4-5,15-18H2. The molecule has 0 bridgehead atoms. The number of ether oxygens (including phenoxy) is 1. The molecule has 174 valence electrons. The Balaban J connectivity index is 1.48. The monoisotopic (exact) mass is 454 g/mol. The zero-order chi connectivity index (χ0) is 23.3. The van der Waals surface area contributed by atoms with Crippen LogP contribution in [0.2, 0.25) is 0 Å². The number of hydrogen-bond acceptors (Lipinski definition) is 5. The maximum absolute atomic E-state index is 10.1. The molecule has 0 unspecified atom stereocenters. The van der Waals surface area contributed by atoms with Crippen LogP contribution in [-0.2, 0) is 0 Å². The van der Waals surface area contributed by atoms with Crippen molar-refractivity contribution in [3.63, 3.8) is 0 Å². The summed E-state index contributed by atoms with van der Waals surface area (Å²) in [5.74, 6) is 1.84. The molecule has 1 aliphatic rings. The molecule has 1 aliphatic heterocycles. The lowest BCUT2D eigenvalue weighted by atomic mass is 9.99. The van der Waals surface area contributed by atoms with E-state index in [1.54, 1.807) is 24.3 Å². The van der Waals surface area contributed by atoms with Crippen LogP contribution in [0.4, 0.5) is 5.69 Å². The van der Waals surface area contributed by atoms with Crippen molar-refractivity contribution in [2.75, 3.05) is 31.5 Å². The highest BCUT2D eigenvalue weighted by Gasteiger charge is 2.15. The fraction of sp³-hybridized carbons (Fsp3) is 0.241. The van der Waals surface area contributed by atoms with Crippen molar-refractivity contribution in [3.8, 4) is 34.1 Å². The van der Waals surface area contributed by atoms with E-state index in [9.17, 15) is 10.2 Å². The van der Waals surface area contributed by atoms with Gasteiger partial charge in [-0.3, -0.25) is 0 Å². The third kappa shape index (κ3) is 4.95. The number of aromatic hydroxyl groups is 2. The van der Waals surface area contributed by atoms with Crippen molar-refractivity contribution in [3.05, 3.63) is 78.9 Å². The predicted octanol–water partition coefficient (Wildman–Crippen LogP) is 6.61. The summed E-state index contributed by atoms with van der Waals surface area (Å²) < 4.78 is 6.59. The van der Waals surface area contributed by atoms with Gasteiger partial charge in [0.15, 0.2) is 5.75 Å². The number of fused-ring (bicyclic) bond motifs is 1. The Labute approximate surface area is 200 Å². The van der Waals surface area contributed by atoms with Gasteiger partial charge in [-0.2, -0.15) is 0 Å². The van der Waals surface area contributed by atoms with Crippen molar-refractivity contribution in [2.24, 2.45) is 0 Å². The first-order chi connectivity index (χ1) is 16.7. The van der Waals surface area contributed by atoms with Gasteiger partial charge in [0, 0.05) is 24.0 Å². The van der Waals surface area contributed by atoms with E-state index in [0.717, 1.165) is 46.4 Å². The maximum atomic E-state index is 10.1. The molecular formula is C29H30N2O3. The highest BCUT2D eigenvalue weighted by Crippen LogP contribution is 2.42. The average molecular weight is 455 g/mol. The van der Waals surface area contributed by atoms with Crippen LogP contribution in [0.25, 0.3) is 21.9 Å². The summed E-state index contributed by atoms with van der Waals surface area (Å²) in [7, 11) is 0. The highest BCUT2D eigenvalue weighted by molar-refractivity contribution is 5.96. The molecule has 5 rings (SSSR count). The van der Waals surface area contributed by atoms with Crippen LogP contribution in [0.1, 0.15) is 19.3 Å². The topological polar surface area (TPSA) is 65.0 Å². The van der Waals surface area contributed by atoms with E-state index in [2.05, 4.69) is 10.2 Å². The van der Waals surface area contributed by atoms with Gasteiger partial charge in [0.1, 0.15) is 17.2 Å². The summed E-state index contributed by atoms with van der Waals surface area (Å²) in [5.41, 5.74) is 2.68. The van der Waals surface area contributed by atoms with Crippen molar-refractivity contribution in [2.45, 2.75) is 19.3 Å². The quantitative estimate of drug-likeness (QED) is 0.293. The normalized spacial score (nSPS) is 14.2. The van der Waals surface area contributed by atoms with Crippen LogP contribution >= 0.6 is 0 Å². The largest absolute Gasteiger partial charge is 0.508 e. The van der Waals surface area contributed by atoms with E-state index >= 15 is 0 Å². The van der Waals surface area contributed by atoms with Crippen LogP contribution in [-0.4, -0.2) is 41.3 Å². The SMILES string of the molecule is Oc1cccc(-c2ccc3cc(O)ccc3c2Oc2ccccc2NCCN2CCCCC2)c1. The Bertz CT molecular complexity index is 1280. The molecule has 0 saturated carbocycles. The molecule has 3 N–H and O–H groups in total. The Morgan fingerprint density at radius 1 is 0.794 bits per heavy atom. The van der Waals surface area contributed by atoms with Crippen LogP contribution < -0.4 is 10.1 Å². The van der Waals surface area contributed by atoms with Crippen molar-refractivity contribution >= 4 is 16.5 Å². The number of nitrogens with zero attached hydrogens (tertiary/aromatic N) is 1. The van der Waals surface area contributed by atoms with Gasteiger partial charge < -0.3 is 25.2 Å². The van der Waals surface area contributed by atoms with Crippen molar-refractivity contribution in [1.29, 1.82) is 0 Å². The molecule has 4 aromatic rings. The van der Waals surface area contributed by atoms with E-state index in [4.69, 9.17) is 4.74 Å². The van der Waals surface area contributed by atoms with Crippen molar-refractivity contribution < 1.29 is 14.9 Å². The van der Waals surface area contributed by atoms with E-state index < -0.39 is 0 Å². The Morgan fingerprint density at radius 3 is 2.47 bits per heavy atom. The summed E-state index contributed by atoms with van der Waals surface area (Å²) in [6, 6.07) is 24.4. The molecule has 0 aliphatic carbocycles. The van der Waals surface area contributed by atoms with Gasteiger partial charge in [-0.25, -0.2) is 0 Å². The number of nitrogens with one attached hydrogen (secondary N) is 1. The van der Waals surface area contributed by atoms with Gasteiger partial charge in [-0.05, 0) is 85.4 Å². The zero-order valence-electron chi connectivity index (χ0n) is 19.2. The van der Waals surface area contributed by atoms with Gasteiger partial charge in [-0.1, -0.05) is 36.8 Å². The number of benzene rings is 4. The number of anilines is 1. The summed E-state index contributed by atoms with van der Waals surface area (Å²) in [6.07, 6.45) is 3.91. The molecule has 34 heavy (non-hydrogen) atoms. The van der Waals surface area contributed by atoms with E-state index in [0.29, 0.717) is 5.75 Å². The molecule has 5 nitrogen and oxygen atoms in total. The van der Waals surface area contributed by atoms with E-state index in [1.165, 1.54) is 32.4 Å². The van der Waals surface area contributed by atoms with Gasteiger partial charge in [0.25, 0.3) is 0 Å². The first-order valence-corrected chi connectivity index (χ1v) is 12.0. The third-order valence-electron chi connectivity index (χ3n) is 6.40. The fourth-order valence-electron chi connectivity index (χ4n) is 4.64. The van der Waals surface area contributed by atoms with E-state index in [1.807, 2.05) is 54.6 Å². The number of para-hydroxylation sites is 2. The Morgan fingerprint density at radius 2 is 1.62 bits per heavy atom. The number of rotatable bonds is 7. The molecule has 0 radical (unpaired) electrons. The number of phenols is 2. The lowest BCUT2D eigenvalue weighted by Gasteiger charge is -2.26. The van der Waals surface area contributed by atoms with Crippen LogP contribution in [0.5, 0.6) is 23.0 Å². The minimum atomic E-state index is 0.203. The average Bonchev–Trinajstić information content (AvgIpc) is 2.86. The van der Waals surface area contributed by atoms with Gasteiger partial charge in [-0.15, -0.1) is 0 Å². The summed E-state index contributed by atoms with van der Waals surface area (Å²) in [4.78, 5) is 2.51. The number of likely N-dealkylation sites (tertiary alicyclic amines) is 1. The number of piperidine rings is 1. The van der Waals surface area contributed by atoms with Gasteiger partial charge in [0.05, 0.1) is 5.69 Å². The molecule has 0 amide bonds. The molecule has 0 atom stereocenters. The van der Waals surface area contributed by atoms with Gasteiger partial charge in [0.2, 0.25) is 0 Å². The third-order valence-corrected chi connectivity index (χ3v) is 6.40. The van der Waals surface area contributed by atoms with Crippen LogP contribution in [0.15, 0.2) is 78.9 Å². The first-order valence-electron chi connectivity index (χ1n) is 12.0. The second-order valence-electron chi connectivity index (χ2n) is 8.83. The molecule has 1 heterocycles. The lowest BCUT2D eigenvalue weighted by Crippen LogP contribution is -2.33. The Kier molecular flexibility index (Phi) is 6.54. The molecular weight excluding hydrogens is 424 g/mol. The number of hydrogen-bond donors (Lipinski definition) is 3. The predicted molar refractivity (Wildman–Crippen MR) is 138 cm³/mol. The lowest BCUT2D eigenvalue weighted by molar-refractivity contribution is 0.237.